The molecule has 3 heteroatoms. The summed E-state index contributed by atoms with van der Waals surface area (Å²) in [5.74, 6) is 0.501. The highest BCUT2D eigenvalue weighted by atomic mass is 16.5. The summed E-state index contributed by atoms with van der Waals surface area (Å²) < 4.78 is 10.8. The third-order valence-electron chi connectivity index (χ3n) is 3.58. The molecular formula is C19H16O3. The molecule has 0 aliphatic rings. The van der Waals surface area contributed by atoms with Crippen molar-refractivity contribution >= 4 is 22.8 Å². The van der Waals surface area contributed by atoms with Crippen molar-refractivity contribution < 1.29 is 13.9 Å². The summed E-state index contributed by atoms with van der Waals surface area (Å²) in [5.41, 5.74) is 2.91. The fourth-order valence-corrected chi connectivity index (χ4v) is 2.49. The van der Waals surface area contributed by atoms with Gasteiger partial charge < -0.3 is 9.15 Å². The maximum absolute atomic E-state index is 12.7. The summed E-state index contributed by atoms with van der Waals surface area (Å²) in [7, 11) is 1.56. The second kappa shape index (κ2) is 5.90. The summed E-state index contributed by atoms with van der Waals surface area (Å²) in [5, 5.41) is 0.806. The van der Waals surface area contributed by atoms with Crippen molar-refractivity contribution in [3.05, 3.63) is 71.5 Å². The average molecular weight is 292 g/mol. The molecule has 1 aromatic heterocycles. The lowest BCUT2D eigenvalue weighted by Crippen LogP contribution is -2.03. The number of methoxy groups -OCH3 is 1. The van der Waals surface area contributed by atoms with Gasteiger partial charge in [0, 0.05) is 0 Å². The number of hydrogen-bond acceptors (Lipinski definition) is 3. The summed E-state index contributed by atoms with van der Waals surface area (Å²) >= 11 is 0. The number of hydrogen-bond donors (Lipinski definition) is 0. The van der Waals surface area contributed by atoms with Crippen molar-refractivity contribution in [3.8, 4) is 5.75 Å². The Labute approximate surface area is 128 Å². The lowest BCUT2D eigenvalue weighted by atomic mass is 10.00. The Bertz CT molecular complexity index is 842. The molecule has 0 bridgehead atoms. The molecule has 0 saturated carbocycles. The summed E-state index contributed by atoms with van der Waals surface area (Å²) in [6.07, 6.45) is 3.47. The van der Waals surface area contributed by atoms with Crippen molar-refractivity contribution in [2.75, 3.05) is 7.11 Å². The Morgan fingerprint density at radius 2 is 1.86 bits per heavy atom. The van der Waals surface area contributed by atoms with E-state index in [0.717, 1.165) is 10.9 Å². The average Bonchev–Trinajstić information content (AvgIpc) is 3.02. The fraction of sp³-hybridized carbons (Fsp3) is 0.105. The quantitative estimate of drug-likeness (QED) is 0.515. The highest BCUT2D eigenvalue weighted by molar-refractivity contribution is 6.14. The number of ether oxygens (including phenoxy) is 1. The number of carbonyl (C=O) groups excluding carboxylic acids is 1. The maximum Gasteiger partial charge on any atom is 0.192 e. The van der Waals surface area contributed by atoms with Crippen LogP contribution >= 0.6 is 0 Å². The van der Waals surface area contributed by atoms with Crippen LogP contribution in [0.3, 0.4) is 0 Å². The normalized spacial score (nSPS) is 11.6. The molecule has 0 atom stereocenters. The van der Waals surface area contributed by atoms with Gasteiger partial charge in [-0.3, -0.25) is 4.79 Å². The molecule has 0 unspecified atom stereocenters. The number of benzene rings is 2. The van der Waals surface area contributed by atoms with E-state index in [1.807, 2.05) is 43.3 Å². The van der Waals surface area contributed by atoms with E-state index in [-0.39, 0.29) is 5.78 Å². The van der Waals surface area contributed by atoms with Crippen molar-refractivity contribution in [1.82, 2.24) is 0 Å². The Morgan fingerprint density at radius 3 is 2.59 bits per heavy atom. The van der Waals surface area contributed by atoms with Crippen molar-refractivity contribution in [2.24, 2.45) is 0 Å². The summed E-state index contributed by atoms with van der Waals surface area (Å²) in [6, 6.07) is 15.1. The lowest BCUT2D eigenvalue weighted by Gasteiger charge is -2.09. The molecule has 3 nitrogen and oxygen atoms in total. The van der Waals surface area contributed by atoms with Crippen LogP contribution in [0.5, 0.6) is 5.75 Å². The van der Waals surface area contributed by atoms with E-state index < -0.39 is 0 Å². The van der Waals surface area contributed by atoms with Crippen LogP contribution in [-0.4, -0.2) is 12.9 Å². The molecule has 0 fully saturated rings. The van der Waals surface area contributed by atoms with Gasteiger partial charge in [0.2, 0.25) is 0 Å². The highest BCUT2D eigenvalue weighted by Gasteiger charge is 2.17. The first-order valence-corrected chi connectivity index (χ1v) is 7.03. The second-order valence-electron chi connectivity index (χ2n) is 5.05. The fourth-order valence-electron chi connectivity index (χ4n) is 2.49. The van der Waals surface area contributed by atoms with E-state index in [1.165, 1.54) is 0 Å². The first-order chi connectivity index (χ1) is 10.7. The molecule has 0 saturated heterocycles. The Kier molecular flexibility index (Phi) is 3.79. The zero-order chi connectivity index (χ0) is 15.5. The number of ketones is 1. The van der Waals surface area contributed by atoms with Gasteiger partial charge in [0.05, 0.1) is 24.3 Å². The third-order valence-corrected chi connectivity index (χ3v) is 3.58. The minimum Gasteiger partial charge on any atom is -0.495 e. The number of carbonyl (C=O) groups is 1. The van der Waals surface area contributed by atoms with Crippen LogP contribution in [0.25, 0.3) is 17.0 Å². The van der Waals surface area contributed by atoms with E-state index in [4.69, 9.17) is 9.15 Å². The number of rotatable bonds is 4. The van der Waals surface area contributed by atoms with Crippen molar-refractivity contribution in [2.45, 2.75) is 6.92 Å². The third kappa shape index (κ3) is 2.53. The molecule has 0 amide bonds. The van der Waals surface area contributed by atoms with E-state index in [1.54, 1.807) is 31.6 Å². The van der Waals surface area contributed by atoms with Crippen molar-refractivity contribution in [1.29, 1.82) is 0 Å². The van der Waals surface area contributed by atoms with Gasteiger partial charge in [-0.2, -0.15) is 0 Å². The molecule has 2 aromatic carbocycles. The van der Waals surface area contributed by atoms with Gasteiger partial charge in [0.15, 0.2) is 5.78 Å². The van der Waals surface area contributed by atoms with Crippen LogP contribution < -0.4 is 4.74 Å². The Hall–Kier alpha value is -2.81. The standard InChI is InChI=1S/C19H16O3/c1-13(12-14-6-4-3-5-7-14)18(20)16-8-9-17-15(10-11-22-17)19(16)21-2/h3-12H,1-2H3. The Balaban J connectivity index is 2.03. The minimum absolute atomic E-state index is 0.0520. The topological polar surface area (TPSA) is 39.4 Å². The zero-order valence-corrected chi connectivity index (χ0v) is 12.5. The predicted molar refractivity (Wildman–Crippen MR) is 87.2 cm³/mol. The van der Waals surface area contributed by atoms with Crippen LogP contribution in [0.2, 0.25) is 0 Å². The van der Waals surface area contributed by atoms with Gasteiger partial charge in [-0.25, -0.2) is 0 Å². The smallest absolute Gasteiger partial charge is 0.192 e. The lowest BCUT2D eigenvalue weighted by molar-refractivity contribution is 0.103. The Morgan fingerprint density at radius 1 is 1.09 bits per heavy atom. The SMILES string of the molecule is COc1c(C(=O)C(C)=Cc2ccccc2)ccc2occc12. The van der Waals surface area contributed by atoms with Gasteiger partial charge in [-0.1, -0.05) is 30.3 Å². The molecule has 0 aliphatic heterocycles. The number of furan rings is 1. The molecule has 22 heavy (non-hydrogen) atoms. The first-order valence-electron chi connectivity index (χ1n) is 7.03. The second-order valence-corrected chi connectivity index (χ2v) is 5.05. The summed E-state index contributed by atoms with van der Waals surface area (Å²) in [4.78, 5) is 12.7. The largest absolute Gasteiger partial charge is 0.495 e. The molecule has 110 valence electrons. The van der Waals surface area contributed by atoms with E-state index >= 15 is 0 Å². The van der Waals surface area contributed by atoms with Gasteiger partial charge in [0.25, 0.3) is 0 Å². The molecular weight excluding hydrogens is 276 g/mol. The van der Waals surface area contributed by atoms with Gasteiger partial charge in [-0.05, 0) is 42.3 Å². The molecule has 3 aromatic rings. The minimum atomic E-state index is -0.0520. The molecule has 1 heterocycles. The first kappa shape index (κ1) is 14.1. The number of fused-ring (bicyclic) bond motifs is 1. The molecule has 0 N–H and O–H groups in total. The number of allylic oxidation sites excluding steroid dienone is 1. The van der Waals surface area contributed by atoms with Crippen LogP contribution in [0.15, 0.2) is 64.8 Å². The molecule has 0 aliphatic carbocycles. The van der Waals surface area contributed by atoms with Gasteiger partial charge in [-0.15, -0.1) is 0 Å². The van der Waals surface area contributed by atoms with Gasteiger partial charge in [0.1, 0.15) is 11.3 Å². The summed E-state index contributed by atoms with van der Waals surface area (Å²) in [6.45, 7) is 1.81. The van der Waals surface area contributed by atoms with Gasteiger partial charge >= 0.3 is 0 Å². The monoisotopic (exact) mass is 292 g/mol. The van der Waals surface area contributed by atoms with E-state index in [9.17, 15) is 4.79 Å². The van der Waals surface area contributed by atoms with Crippen molar-refractivity contribution in [3.63, 3.8) is 0 Å². The molecule has 3 rings (SSSR count). The van der Waals surface area contributed by atoms with Crippen LogP contribution in [-0.2, 0) is 0 Å². The zero-order valence-electron chi connectivity index (χ0n) is 12.5. The van der Waals surface area contributed by atoms with Crippen LogP contribution in [0, 0.1) is 0 Å². The van der Waals surface area contributed by atoms with E-state index in [2.05, 4.69) is 0 Å². The van der Waals surface area contributed by atoms with Crippen LogP contribution in [0.1, 0.15) is 22.8 Å². The maximum atomic E-state index is 12.7. The van der Waals surface area contributed by atoms with Crippen LogP contribution in [0.4, 0.5) is 0 Å². The number of Topliss-reactive ketones (excluding diaryl/α,β-unsaturated/α-hetero) is 1. The molecule has 0 radical (unpaired) electrons. The van der Waals surface area contributed by atoms with E-state index in [0.29, 0.717) is 22.5 Å². The highest BCUT2D eigenvalue weighted by Crippen LogP contribution is 2.32. The predicted octanol–water partition coefficient (Wildman–Crippen LogP) is 4.73. The molecule has 0 spiro atoms.